The summed E-state index contributed by atoms with van der Waals surface area (Å²) in [4.78, 5) is 17.5. The summed E-state index contributed by atoms with van der Waals surface area (Å²) in [6.45, 7) is 6.08. The molecule has 0 aliphatic carbocycles. The Labute approximate surface area is 167 Å². The molecule has 0 spiro atoms. The van der Waals surface area contributed by atoms with Crippen molar-refractivity contribution in [2.24, 2.45) is 0 Å². The van der Waals surface area contributed by atoms with Crippen LogP contribution in [0.5, 0.6) is 0 Å². The average molecular weight is 396 g/mol. The lowest BCUT2D eigenvalue weighted by Gasteiger charge is -2.14. The molecule has 0 N–H and O–H groups in total. The molecule has 0 radical (unpaired) electrons. The van der Waals surface area contributed by atoms with Gasteiger partial charge in [-0.2, -0.15) is 5.26 Å². The normalized spacial score (nSPS) is 11.9. The SMILES string of the molecule is C=CCn1c(SC(C#N)Cc2ccc(C)cc2)nc2cc(Cl)ccc2c1=O. The van der Waals surface area contributed by atoms with E-state index in [-0.39, 0.29) is 10.8 Å². The van der Waals surface area contributed by atoms with Crippen LogP contribution in [0.15, 0.2) is 65.1 Å². The van der Waals surface area contributed by atoms with Gasteiger partial charge in [-0.15, -0.1) is 6.58 Å². The van der Waals surface area contributed by atoms with Crippen molar-refractivity contribution in [2.75, 3.05) is 0 Å². The number of nitriles is 1. The van der Waals surface area contributed by atoms with Crippen molar-refractivity contribution in [1.29, 1.82) is 5.26 Å². The minimum Gasteiger partial charge on any atom is -0.283 e. The maximum atomic E-state index is 12.9. The Balaban J connectivity index is 1.99. The van der Waals surface area contributed by atoms with Crippen molar-refractivity contribution in [3.63, 3.8) is 0 Å². The zero-order valence-electron chi connectivity index (χ0n) is 14.9. The average Bonchev–Trinajstić information content (AvgIpc) is 2.65. The monoisotopic (exact) mass is 395 g/mol. The number of fused-ring (bicyclic) bond motifs is 1. The summed E-state index contributed by atoms with van der Waals surface area (Å²) < 4.78 is 1.55. The van der Waals surface area contributed by atoms with E-state index in [4.69, 9.17) is 11.6 Å². The van der Waals surface area contributed by atoms with Crippen molar-refractivity contribution in [1.82, 2.24) is 9.55 Å². The van der Waals surface area contributed by atoms with Crippen LogP contribution >= 0.6 is 23.4 Å². The summed E-state index contributed by atoms with van der Waals surface area (Å²) in [7, 11) is 0. The minimum atomic E-state index is -0.368. The third kappa shape index (κ3) is 4.41. The van der Waals surface area contributed by atoms with E-state index in [0.717, 1.165) is 5.56 Å². The second kappa shape index (κ2) is 8.43. The second-order valence-electron chi connectivity index (χ2n) is 6.19. The van der Waals surface area contributed by atoms with Crippen molar-refractivity contribution in [3.8, 4) is 6.07 Å². The van der Waals surface area contributed by atoms with Crippen molar-refractivity contribution >= 4 is 34.3 Å². The van der Waals surface area contributed by atoms with Crippen LogP contribution in [0.25, 0.3) is 10.9 Å². The number of benzene rings is 2. The Kier molecular flexibility index (Phi) is 6.00. The largest absolute Gasteiger partial charge is 0.283 e. The molecule has 136 valence electrons. The Morgan fingerprint density at radius 3 is 2.74 bits per heavy atom. The number of thioether (sulfide) groups is 1. The number of rotatable bonds is 6. The molecule has 27 heavy (non-hydrogen) atoms. The molecule has 0 bridgehead atoms. The third-order valence-electron chi connectivity index (χ3n) is 4.13. The summed E-state index contributed by atoms with van der Waals surface area (Å²) in [6, 6.07) is 15.4. The highest BCUT2D eigenvalue weighted by atomic mass is 35.5. The molecule has 3 rings (SSSR count). The van der Waals surface area contributed by atoms with Gasteiger partial charge in [-0.25, -0.2) is 4.98 Å². The number of hydrogen-bond donors (Lipinski definition) is 0. The lowest BCUT2D eigenvalue weighted by Crippen LogP contribution is -2.23. The van der Waals surface area contributed by atoms with E-state index < -0.39 is 0 Å². The summed E-state index contributed by atoms with van der Waals surface area (Å²) >= 11 is 7.34. The van der Waals surface area contributed by atoms with E-state index in [1.165, 1.54) is 17.3 Å². The van der Waals surface area contributed by atoms with Gasteiger partial charge in [-0.3, -0.25) is 9.36 Å². The standard InChI is InChI=1S/C21H18ClN3OS/c1-3-10-25-20(26)18-9-8-16(22)12-19(18)24-21(25)27-17(13-23)11-15-6-4-14(2)5-7-15/h3-9,12,17H,1,10-11H2,2H3. The Bertz CT molecular complexity index is 1080. The molecule has 0 aliphatic heterocycles. The Morgan fingerprint density at radius 2 is 2.07 bits per heavy atom. The van der Waals surface area contributed by atoms with Crippen LogP contribution in [-0.2, 0) is 13.0 Å². The molecule has 1 aromatic heterocycles. The topological polar surface area (TPSA) is 58.7 Å². The minimum absolute atomic E-state index is 0.161. The van der Waals surface area contributed by atoms with Crippen molar-refractivity contribution in [3.05, 3.63) is 81.6 Å². The van der Waals surface area contributed by atoms with Gasteiger partial charge in [-0.05, 0) is 37.1 Å². The molecule has 1 heterocycles. The van der Waals surface area contributed by atoms with Gasteiger partial charge >= 0.3 is 0 Å². The fourth-order valence-electron chi connectivity index (χ4n) is 2.73. The summed E-state index contributed by atoms with van der Waals surface area (Å²) in [5, 5.41) is 10.8. The van der Waals surface area contributed by atoms with E-state index in [0.29, 0.717) is 34.0 Å². The molecular weight excluding hydrogens is 378 g/mol. The molecule has 2 aromatic carbocycles. The zero-order chi connectivity index (χ0) is 19.4. The quantitative estimate of drug-likeness (QED) is 0.342. The van der Waals surface area contributed by atoms with Gasteiger partial charge in [0.1, 0.15) is 5.25 Å². The van der Waals surface area contributed by atoms with Crippen molar-refractivity contribution < 1.29 is 0 Å². The first-order chi connectivity index (χ1) is 13.0. The molecule has 6 heteroatoms. The molecule has 0 amide bonds. The second-order valence-corrected chi connectivity index (χ2v) is 7.79. The van der Waals surface area contributed by atoms with E-state index in [9.17, 15) is 10.1 Å². The van der Waals surface area contributed by atoms with Crippen LogP contribution in [-0.4, -0.2) is 14.8 Å². The first kappa shape index (κ1) is 19.2. The Hall–Kier alpha value is -2.55. The first-order valence-corrected chi connectivity index (χ1v) is 9.70. The molecule has 0 aliphatic rings. The highest BCUT2D eigenvalue weighted by molar-refractivity contribution is 8.00. The lowest BCUT2D eigenvalue weighted by atomic mass is 10.1. The fraction of sp³-hybridized carbons (Fsp3) is 0.190. The maximum Gasteiger partial charge on any atom is 0.262 e. The number of aromatic nitrogens is 2. The molecule has 4 nitrogen and oxygen atoms in total. The predicted octanol–water partition coefficient (Wildman–Crippen LogP) is 4.77. The van der Waals surface area contributed by atoms with Crippen LogP contribution in [0, 0.1) is 18.3 Å². The highest BCUT2D eigenvalue weighted by Gasteiger charge is 2.17. The van der Waals surface area contributed by atoms with Gasteiger partial charge in [0.25, 0.3) is 5.56 Å². The fourth-order valence-corrected chi connectivity index (χ4v) is 3.92. The van der Waals surface area contributed by atoms with E-state index >= 15 is 0 Å². The molecular formula is C21H18ClN3OS. The summed E-state index contributed by atoms with van der Waals surface area (Å²) in [5.41, 5.74) is 2.61. The molecule has 3 aromatic rings. The predicted molar refractivity (Wildman–Crippen MR) is 111 cm³/mol. The number of aryl methyl sites for hydroxylation is 1. The van der Waals surface area contributed by atoms with E-state index in [1.54, 1.807) is 28.8 Å². The van der Waals surface area contributed by atoms with Gasteiger partial charge in [0.05, 0.1) is 17.0 Å². The van der Waals surface area contributed by atoms with Crippen LogP contribution in [0.2, 0.25) is 5.02 Å². The smallest absolute Gasteiger partial charge is 0.262 e. The first-order valence-electron chi connectivity index (χ1n) is 8.44. The molecule has 1 atom stereocenters. The number of halogens is 1. The number of allylic oxidation sites excluding steroid dienone is 1. The summed E-state index contributed by atoms with van der Waals surface area (Å²) in [5.74, 6) is 0. The van der Waals surface area contributed by atoms with Gasteiger partial charge in [0, 0.05) is 11.6 Å². The van der Waals surface area contributed by atoms with E-state index in [2.05, 4.69) is 17.6 Å². The van der Waals surface area contributed by atoms with Crippen LogP contribution < -0.4 is 5.56 Å². The number of hydrogen-bond acceptors (Lipinski definition) is 4. The van der Waals surface area contributed by atoms with Crippen LogP contribution in [0.1, 0.15) is 11.1 Å². The Morgan fingerprint density at radius 1 is 1.33 bits per heavy atom. The lowest BCUT2D eigenvalue weighted by molar-refractivity contribution is 0.670. The van der Waals surface area contributed by atoms with E-state index in [1.807, 2.05) is 31.2 Å². The zero-order valence-corrected chi connectivity index (χ0v) is 16.4. The molecule has 0 saturated carbocycles. The third-order valence-corrected chi connectivity index (χ3v) is 5.44. The van der Waals surface area contributed by atoms with Gasteiger partial charge < -0.3 is 0 Å². The molecule has 0 saturated heterocycles. The summed E-state index contributed by atoms with van der Waals surface area (Å²) in [6.07, 6.45) is 2.22. The molecule has 1 unspecified atom stereocenters. The molecule has 0 fully saturated rings. The van der Waals surface area contributed by atoms with Crippen LogP contribution in [0.3, 0.4) is 0 Å². The van der Waals surface area contributed by atoms with Crippen LogP contribution in [0.4, 0.5) is 0 Å². The van der Waals surface area contributed by atoms with Gasteiger partial charge in [0.2, 0.25) is 0 Å². The highest BCUT2D eigenvalue weighted by Crippen LogP contribution is 2.26. The van der Waals surface area contributed by atoms with Crippen molar-refractivity contribution in [2.45, 2.75) is 30.3 Å². The van der Waals surface area contributed by atoms with Gasteiger partial charge in [-0.1, -0.05) is 59.3 Å². The van der Waals surface area contributed by atoms with Gasteiger partial charge in [0.15, 0.2) is 5.16 Å². The maximum absolute atomic E-state index is 12.9. The number of nitrogens with zero attached hydrogens (tertiary/aromatic N) is 3.